The van der Waals surface area contributed by atoms with Crippen molar-refractivity contribution in [1.29, 1.82) is 0 Å². The Morgan fingerprint density at radius 3 is 2.40 bits per heavy atom. The SMILES string of the molecule is NC(=O)c1ccc(Nc2nccc(-c3ccc(N)c(Cl)c3Cl)n2)cc1. The molecular weight excluding hydrogens is 361 g/mol. The number of carbonyl (C=O) groups excluding carboxylic acids is 1. The summed E-state index contributed by atoms with van der Waals surface area (Å²) < 4.78 is 0. The molecule has 5 N–H and O–H groups in total. The van der Waals surface area contributed by atoms with E-state index in [2.05, 4.69) is 15.3 Å². The largest absolute Gasteiger partial charge is 0.397 e. The topological polar surface area (TPSA) is 107 Å². The summed E-state index contributed by atoms with van der Waals surface area (Å²) in [6, 6.07) is 11.8. The maximum Gasteiger partial charge on any atom is 0.248 e. The van der Waals surface area contributed by atoms with Gasteiger partial charge in [0.15, 0.2) is 0 Å². The zero-order valence-corrected chi connectivity index (χ0v) is 14.3. The van der Waals surface area contributed by atoms with Crippen molar-refractivity contribution in [2.24, 2.45) is 5.73 Å². The molecule has 1 aromatic heterocycles. The molecule has 1 amide bonds. The van der Waals surface area contributed by atoms with Gasteiger partial charge in [-0.15, -0.1) is 0 Å². The van der Waals surface area contributed by atoms with Crippen molar-refractivity contribution < 1.29 is 4.79 Å². The smallest absolute Gasteiger partial charge is 0.248 e. The number of amides is 1. The lowest BCUT2D eigenvalue weighted by molar-refractivity contribution is 0.100. The van der Waals surface area contributed by atoms with Crippen LogP contribution in [0.1, 0.15) is 10.4 Å². The summed E-state index contributed by atoms with van der Waals surface area (Å²) in [6.45, 7) is 0. The molecule has 0 spiro atoms. The summed E-state index contributed by atoms with van der Waals surface area (Å²) in [5, 5.41) is 3.67. The monoisotopic (exact) mass is 373 g/mol. The number of hydrogen-bond acceptors (Lipinski definition) is 5. The Balaban J connectivity index is 1.89. The van der Waals surface area contributed by atoms with Crippen LogP contribution in [0.15, 0.2) is 48.7 Å². The molecule has 0 saturated carbocycles. The van der Waals surface area contributed by atoms with Crippen LogP contribution < -0.4 is 16.8 Å². The second-order valence-electron chi connectivity index (χ2n) is 5.16. The molecule has 2 aromatic carbocycles. The van der Waals surface area contributed by atoms with Crippen molar-refractivity contribution in [2.45, 2.75) is 0 Å². The van der Waals surface area contributed by atoms with E-state index in [1.165, 1.54) is 0 Å². The van der Waals surface area contributed by atoms with Crippen LogP contribution >= 0.6 is 23.2 Å². The van der Waals surface area contributed by atoms with E-state index in [1.807, 2.05) is 0 Å². The number of nitrogens with zero attached hydrogens (tertiary/aromatic N) is 2. The third-order valence-electron chi connectivity index (χ3n) is 3.47. The van der Waals surface area contributed by atoms with Crippen LogP contribution in [0.2, 0.25) is 10.0 Å². The molecule has 0 radical (unpaired) electrons. The van der Waals surface area contributed by atoms with Gasteiger partial charge in [-0.1, -0.05) is 23.2 Å². The predicted octanol–water partition coefficient (Wildman–Crippen LogP) is 3.88. The Kier molecular flexibility index (Phi) is 4.74. The molecule has 3 rings (SSSR count). The van der Waals surface area contributed by atoms with Gasteiger partial charge in [-0.05, 0) is 42.5 Å². The van der Waals surface area contributed by atoms with E-state index in [0.29, 0.717) is 39.2 Å². The number of aromatic nitrogens is 2. The van der Waals surface area contributed by atoms with Crippen LogP contribution in [0, 0.1) is 0 Å². The van der Waals surface area contributed by atoms with E-state index in [1.54, 1.807) is 48.7 Å². The Labute approximate surface area is 153 Å². The molecule has 3 aromatic rings. The van der Waals surface area contributed by atoms with Crippen LogP contribution in [0.3, 0.4) is 0 Å². The van der Waals surface area contributed by atoms with Crippen LogP contribution in [0.25, 0.3) is 11.3 Å². The van der Waals surface area contributed by atoms with E-state index in [0.717, 1.165) is 0 Å². The van der Waals surface area contributed by atoms with Crippen molar-refractivity contribution in [2.75, 3.05) is 11.1 Å². The summed E-state index contributed by atoms with van der Waals surface area (Å²) in [6.07, 6.45) is 1.60. The maximum absolute atomic E-state index is 11.1. The third kappa shape index (κ3) is 3.65. The number of rotatable bonds is 4. The van der Waals surface area contributed by atoms with Gasteiger partial charge >= 0.3 is 0 Å². The number of anilines is 3. The normalized spacial score (nSPS) is 10.5. The molecule has 25 heavy (non-hydrogen) atoms. The average molecular weight is 374 g/mol. The van der Waals surface area contributed by atoms with Gasteiger partial charge in [-0.3, -0.25) is 4.79 Å². The van der Waals surface area contributed by atoms with Gasteiger partial charge in [0.25, 0.3) is 0 Å². The summed E-state index contributed by atoms with van der Waals surface area (Å²) >= 11 is 12.3. The van der Waals surface area contributed by atoms with E-state index in [4.69, 9.17) is 34.7 Å². The van der Waals surface area contributed by atoms with E-state index in [9.17, 15) is 4.79 Å². The van der Waals surface area contributed by atoms with Crippen LogP contribution in [-0.4, -0.2) is 15.9 Å². The molecule has 126 valence electrons. The molecule has 8 heteroatoms. The van der Waals surface area contributed by atoms with Crippen molar-refractivity contribution in [1.82, 2.24) is 9.97 Å². The van der Waals surface area contributed by atoms with Crippen molar-refractivity contribution in [3.05, 3.63) is 64.3 Å². The highest BCUT2D eigenvalue weighted by molar-refractivity contribution is 6.45. The minimum Gasteiger partial charge on any atom is -0.397 e. The second-order valence-corrected chi connectivity index (χ2v) is 5.92. The van der Waals surface area contributed by atoms with Gasteiger partial charge in [-0.25, -0.2) is 9.97 Å². The highest BCUT2D eigenvalue weighted by atomic mass is 35.5. The highest BCUT2D eigenvalue weighted by Crippen LogP contribution is 2.36. The Morgan fingerprint density at radius 1 is 1.00 bits per heavy atom. The van der Waals surface area contributed by atoms with E-state index < -0.39 is 5.91 Å². The minimum atomic E-state index is -0.486. The first kappa shape index (κ1) is 17.0. The van der Waals surface area contributed by atoms with Gasteiger partial charge in [0.2, 0.25) is 11.9 Å². The standard InChI is InChI=1S/C17H13Cl2N5O/c18-14-11(5-6-12(20)15(14)19)13-7-8-22-17(24-13)23-10-3-1-9(2-4-10)16(21)25/h1-8H,20H2,(H2,21,25)(H,22,23,24). The minimum absolute atomic E-state index is 0.286. The van der Waals surface area contributed by atoms with Crippen molar-refractivity contribution in [3.63, 3.8) is 0 Å². The molecule has 0 aliphatic rings. The van der Waals surface area contributed by atoms with Crippen LogP contribution in [-0.2, 0) is 0 Å². The summed E-state index contributed by atoms with van der Waals surface area (Å²) in [5.74, 6) is -0.118. The number of halogens is 2. The number of carbonyl (C=O) groups is 1. The molecule has 0 saturated heterocycles. The first-order chi connectivity index (χ1) is 12.0. The van der Waals surface area contributed by atoms with E-state index >= 15 is 0 Å². The average Bonchev–Trinajstić information content (AvgIpc) is 2.60. The van der Waals surface area contributed by atoms with Gasteiger partial charge in [-0.2, -0.15) is 0 Å². The lowest BCUT2D eigenvalue weighted by Gasteiger charge is -2.10. The lowest BCUT2D eigenvalue weighted by atomic mass is 10.1. The zero-order valence-electron chi connectivity index (χ0n) is 12.8. The van der Waals surface area contributed by atoms with Crippen LogP contribution in [0.5, 0.6) is 0 Å². The summed E-state index contributed by atoms with van der Waals surface area (Å²) in [4.78, 5) is 19.7. The number of hydrogen-bond donors (Lipinski definition) is 3. The molecule has 0 aliphatic heterocycles. The molecular formula is C17H13Cl2N5O. The van der Waals surface area contributed by atoms with Gasteiger partial charge < -0.3 is 16.8 Å². The molecule has 1 heterocycles. The van der Waals surface area contributed by atoms with Crippen molar-refractivity contribution >= 4 is 46.4 Å². The lowest BCUT2D eigenvalue weighted by Crippen LogP contribution is -2.10. The third-order valence-corrected chi connectivity index (χ3v) is 4.37. The van der Waals surface area contributed by atoms with Gasteiger partial charge in [0.05, 0.1) is 21.4 Å². The zero-order chi connectivity index (χ0) is 18.0. The molecule has 0 atom stereocenters. The Bertz CT molecular complexity index is 944. The number of nitrogens with two attached hydrogens (primary N) is 2. The van der Waals surface area contributed by atoms with Crippen LogP contribution in [0.4, 0.5) is 17.3 Å². The number of primary amides is 1. The summed E-state index contributed by atoms with van der Waals surface area (Å²) in [5.41, 5.74) is 13.7. The predicted molar refractivity (Wildman–Crippen MR) is 100 cm³/mol. The highest BCUT2D eigenvalue weighted by Gasteiger charge is 2.12. The first-order valence-corrected chi connectivity index (χ1v) is 7.95. The Hall–Kier alpha value is -2.83. The number of benzene rings is 2. The van der Waals surface area contributed by atoms with Crippen molar-refractivity contribution in [3.8, 4) is 11.3 Å². The van der Waals surface area contributed by atoms with E-state index in [-0.39, 0.29) is 5.02 Å². The molecule has 0 fully saturated rings. The fourth-order valence-corrected chi connectivity index (χ4v) is 2.61. The summed E-state index contributed by atoms with van der Waals surface area (Å²) in [7, 11) is 0. The molecule has 0 aliphatic carbocycles. The quantitative estimate of drug-likeness (QED) is 0.601. The Morgan fingerprint density at radius 2 is 1.72 bits per heavy atom. The maximum atomic E-state index is 11.1. The number of nitrogen functional groups attached to an aromatic ring is 1. The van der Waals surface area contributed by atoms with Gasteiger partial charge in [0.1, 0.15) is 0 Å². The number of nitrogens with one attached hydrogen (secondary N) is 1. The fraction of sp³-hybridized carbons (Fsp3) is 0. The fourth-order valence-electron chi connectivity index (χ4n) is 2.18. The molecule has 0 bridgehead atoms. The second kappa shape index (κ2) is 6.96. The van der Waals surface area contributed by atoms with Gasteiger partial charge in [0, 0.05) is 23.0 Å². The molecule has 6 nitrogen and oxygen atoms in total. The molecule has 0 unspecified atom stereocenters. The first-order valence-electron chi connectivity index (χ1n) is 7.19.